The van der Waals surface area contributed by atoms with Crippen molar-refractivity contribution in [1.82, 2.24) is 0 Å². The predicted molar refractivity (Wildman–Crippen MR) is 49.2 cm³/mol. The Morgan fingerprint density at radius 2 is 2.00 bits per heavy atom. The molecule has 0 radical (unpaired) electrons. The van der Waals surface area contributed by atoms with Gasteiger partial charge in [0.25, 0.3) is 6.47 Å². The minimum Gasteiger partial charge on any atom is -0.508 e. The fourth-order valence-electron chi connectivity index (χ4n) is 0.864. The van der Waals surface area contributed by atoms with E-state index in [2.05, 4.69) is 4.74 Å². The van der Waals surface area contributed by atoms with Gasteiger partial charge in [-0.05, 0) is 23.8 Å². The molecule has 1 rings (SSSR count). The zero-order valence-electron chi connectivity index (χ0n) is 7.01. The third-order valence-corrected chi connectivity index (χ3v) is 1.46. The maximum Gasteiger partial charge on any atom is 0.293 e. The molecule has 1 N–H and O–H groups in total. The van der Waals surface area contributed by atoms with Gasteiger partial charge in [0, 0.05) is 0 Å². The van der Waals surface area contributed by atoms with E-state index in [9.17, 15) is 4.79 Å². The van der Waals surface area contributed by atoms with Crippen molar-refractivity contribution in [3.8, 4) is 5.75 Å². The molecular weight excluding hydrogens is 168 g/mol. The van der Waals surface area contributed by atoms with Crippen molar-refractivity contribution in [2.45, 2.75) is 0 Å². The second-order valence-electron chi connectivity index (χ2n) is 2.42. The molecule has 1 aromatic carbocycles. The molecule has 0 saturated carbocycles. The van der Waals surface area contributed by atoms with Gasteiger partial charge in [-0.1, -0.05) is 18.2 Å². The molecule has 1 aromatic rings. The molecule has 0 aliphatic heterocycles. The van der Waals surface area contributed by atoms with Crippen LogP contribution in [-0.2, 0) is 9.53 Å². The zero-order valence-corrected chi connectivity index (χ0v) is 7.01. The lowest BCUT2D eigenvalue weighted by molar-refractivity contribution is -0.127. The zero-order chi connectivity index (χ0) is 9.52. The van der Waals surface area contributed by atoms with Crippen LogP contribution in [0.15, 0.2) is 30.3 Å². The Labute approximate surface area is 76.3 Å². The Morgan fingerprint density at radius 1 is 1.31 bits per heavy atom. The summed E-state index contributed by atoms with van der Waals surface area (Å²) in [5, 5.41) is 8.97. The van der Waals surface area contributed by atoms with Crippen LogP contribution in [0.5, 0.6) is 5.75 Å². The van der Waals surface area contributed by atoms with Gasteiger partial charge in [-0.3, -0.25) is 4.79 Å². The van der Waals surface area contributed by atoms with Crippen molar-refractivity contribution >= 4 is 12.5 Å². The summed E-state index contributed by atoms with van der Waals surface area (Å²) in [5.41, 5.74) is 0.951. The van der Waals surface area contributed by atoms with E-state index in [0.29, 0.717) is 6.47 Å². The smallest absolute Gasteiger partial charge is 0.293 e. The van der Waals surface area contributed by atoms with Gasteiger partial charge >= 0.3 is 0 Å². The molecule has 0 saturated heterocycles. The maximum absolute atomic E-state index is 9.77. The van der Waals surface area contributed by atoms with E-state index in [-0.39, 0.29) is 12.4 Å². The van der Waals surface area contributed by atoms with E-state index in [1.807, 2.05) is 6.08 Å². The topological polar surface area (TPSA) is 46.5 Å². The second-order valence-corrected chi connectivity index (χ2v) is 2.42. The third-order valence-electron chi connectivity index (χ3n) is 1.46. The number of aromatic hydroxyl groups is 1. The average Bonchev–Trinajstić information content (AvgIpc) is 2.15. The van der Waals surface area contributed by atoms with Crippen LogP contribution in [0, 0.1) is 0 Å². The molecule has 3 heteroatoms. The van der Waals surface area contributed by atoms with Gasteiger partial charge in [-0.15, -0.1) is 0 Å². The van der Waals surface area contributed by atoms with E-state index in [1.165, 1.54) is 0 Å². The Hall–Kier alpha value is -1.77. The summed E-state index contributed by atoms with van der Waals surface area (Å²) < 4.78 is 4.46. The fourth-order valence-corrected chi connectivity index (χ4v) is 0.864. The fraction of sp³-hybridized carbons (Fsp3) is 0.100. The number of ether oxygens (including phenoxy) is 1. The van der Waals surface area contributed by atoms with Crippen molar-refractivity contribution in [2.75, 3.05) is 6.61 Å². The molecular formula is C10H10O3. The number of carbonyl (C=O) groups is 1. The molecule has 0 atom stereocenters. The van der Waals surface area contributed by atoms with Crippen molar-refractivity contribution in [1.29, 1.82) is 0 Å². The quantitative estimate of drug-likeness (QED) is 0.562. The second kappa shape index (κ2) is 4.98. The lowest BCUT2D eigenvalue weighted by atomic mass is 10.2. The van der Waals surface area contributed by atoms with Gasteiger partial charge in [0.2, 0.25) is 0 Å². The first-order chi connectivity index (χ1) is 6.33. The van der Waals surface area contributed by atoms with Crippen LogP contribution in [-0.4, -0.2) is 18.2 Å². The van der Waals surface area contributed by atoms with E-state index in [1.54, 1.807) is 30.3 Å². The summed E-state index contributed by atoms with van der Waals surface area (Å²) in [6.45, 7) is 0.672. The minimum absolute atomic E-state index is 0.237. The molecule has 0 aromatic heterocycles. The summed E-state index contributed by atoms with van der Waals surface area (Å²) in [5.74, 6) is 0.237. The molecule has 0 amide bonds. The first-order valence-corrected chi connectivity index (χ1v) is 3.84. The number of hydrogen-bond acceptors (Lipinski definition) is 3. The van der Waals surface area contributed by atoms with Crippen molar-refractivity contribution < 1.29 is 14.6 Å². The van der Waals surface area contributed by atoms with Crippen molar-refractivity contribution in [3.05, 3.63) is 35.9 Å². The highest BCUT2D eigenvalue weighted by Crippen LogP contribution is 2.10. The summed E-state index contributed by atoms with van der Waals surface area (Å²) in [7, 11) is 0. The van der Waals surface area contributed by atoms with E-state index < -0.39 is 0 Å². The standard InChI is InChI=1S/C10H10O3/c11-8-13-7-1-2-9-3-5-10(12)6-4-9/h1-6,8,12H,7H2/b2-1+. The largest absolute Gasteiger partial charge is 0.508 e. The van der Waals surface area contributed by atoms with Gasteiger partial charge in [-0.2, -0.15) is 0 Å². The van der Waals surface area contributed by atoms with Crippen molar-refractivity contribution in [2.24, 2.45) is 0 Å². The Kier molecular flexibility index (Phi) is 3.57. The normalized spacial score (nSPS) is 10.2. The summed E-state index contributed by atoms with van der Waals surface area (Å²) in [6, 6.07) is 6.74. The number of phenolic OH excluding ortho intramolecular Hbond substituents is 1. The van der Waals surface area contributed by atoms with Crippen LogP contribution in [0.25, 0.3) is 6.08 Å². The molecule has 0 fully saturated rings. The molecule has 68 valence electrons. The van der Waals surface area contributed by atoms with Crippen LogP contribution in [0.1, 0.15) is 5.56 Å². The average molecular weight is 178 g/mol. The van der Waals surface area contributed by atoms with E-state index in [4.69, 9.17) is 5.11 Å². The SMILES string of the molecule is O=COC/C=C/c1ccc(O)cc1. The van der Waals surface area contributed by atoms with Gasteiger partial charge in [0.05, 0.1) is 0 Å². The Balaban J connectivity index is 2.49. The van der Waals surface area contributed by atoms with Crippen LogP contribution < -0.4 is 0 Å². The highest BCUT2D eigenvalue weighted by molar-refractivity contribution is 5.50. The number of benzene rings is 1. The molecule has 0 heterocycles. The molecule has 0 aliphatic carbocycles. The van der Waals surface area contributed by atoms with Crippen LogP contribution >= 0.6 is 0 Å². The van der Waals surface area contributed by atoms with Gasteiger partial charge in [0.15, 0.2) is 0 Å². The van der Waals surface area contributed by atoms with E-state index >= 15 is 0 Å². The number of carbonyl (C=O) groups excluding carboxylic acids is 1. The summed E-state index contributed by atoms with van der Waals surface area (Å²) >= 11 is 0. The van der Waals surface area contributed by atoms with Crippen LogP contribution in [0.3, 0.4) is 0 Å². The van der Waals surface area contributed by atoms with Crippen LogP contribution in [0.4, 0.5) is 0 Å². The lowest BCUT2D eigenvalue weighted by Crippen LogP contribution is -1.85. The van der Waals surface area contributed by atoms with Crippen molar-refractivity contribution in [3.63, 3.8) is 0 Å². The summed E-state index contributed by atoms with van der Waals surface area (Å²) in [6.07, 6.45) is 3.53. The van der Waals surface area contributed by atoms with Gasteiger partial charge in [0.1, 0.15) is 12.4 Å². The van der Waals surface area contributed by atoms with Gasteiger partial charge < -0.3 is 9.84 Å². The number of hydrogen-bond donors (Lipinski definition) is 1. The number of phenols is 1. The van der Waals surface area contributed by atoms with Crippen LogP contribution in [0.2, 0.25) is 0 Å². The first-order valence-electron chi connectivity index (χ1n) is 3.84. The number of rotatable bonds is 4. The highest BCUT2D eigenvalue weighted by Gasteiger charge is 1.86. The monoisotopic (exact) mass is 178 g/mol. The first kappa shape index (κ1) is 9.32. The highest BCUT2D eigenvalue weighted by atomic mass is 16.5. The molecule has 0 unspecified atom stereocenters. The maximum atomic E-state index is 9.77. The third kappa shape index (κ3) is 3.42. The van der Waals surface area contributed by atoms with E-state index in [0.717, 1.165) is 5.56 Å². The Bertz CT molecular complexity index is 288. The predicted octanol–water partition coefficient (Wildman–Crippen LogP) is 1.58. The molecule has 3 nitrogen and oxygen atoms in total. The molecule has 0 aliphatic rings. The molecule has 0 spiro atoms. The van der Waals surface area contributed by atoms with Gasteiger partial charge in [-0.25, -0.2) is 0 Å². The molecule has 0 bridgehead atoms. The Morgan fingerprint density at radius 3 is 2.62 bits per heavy atom. The summed E-state index contributed by atoms with van der Waals surface area (Å²) in [4.78, 5) is 9.77. The lowest BCUT2D eigenvalue weighted by Gasteiger charge is -1.93. The molecule has 13 heavy (non-hydrogen) atoms. The minimum atomic E-state index is 0.237.